The molecule has 0 saturated carbocycles. The van der Waals surface area contributed by atoms with Crippen molar-refractivity contribution in [3.8, 4) is 0 Å². The Balaban J connectivity index is 2.15. The van der Waals surface area contributed by atoms with E-state index in [0.717, 1.165) is 5.75 Å². The number of benzene rings is 1. The third-order valence-electron chi connectivity index (χ3n) is 3.40. The Labute approximate surface area is 103 Å². The number of fused-ring (bicyclic) bond motifs is 1. The van der Waals surface area contributed by atoms with Crippen LogP contribution in [0.5, 0.6) is 0 Å². The van der Waals surface area contributed by atoms with Crippen LogP contribution in [0.25, 0.3) is 0 Å². The molecule has 0 aromatic heterocycles. The zero-order valence-corrected chi connectivity index (χ0v) is 10.0. The van der Waals surface area contributed by atoms with E-state index < -0.39 is 5.54 Å². The predicted octanol–water partition coefficient (Wildman–Crippen LogP) is 1.73. The second-order valence-electron chi connectivity index (χ2n) is 4.38. The van der Waals surface area contributed by atoms with Crippen molar-refractivity contribution in [2.45, 2.75) is 5.54 Å². The SMILES string of the molecule is NC1=N[C@]2(c3ccccc3F)COC[C@H]2CS1. The molecule has 0 bridgehead atoms. The van der Waals surface area contributed by atoms with E-state index in [0.29, 0.717) is 23.9 Å². The minimum atomic E-state index is -0.610. The summed E-state index contributed by atoms with van der Waals surface area (Å²) in [7, 11) is 0. The van der Waals surface area contributed by atoms with Gasteiger partial charge >= 0.3 is 0 Å². The first-order valence-electron chi connectivity index (χ1n) is 5.53. The Morgan fingerprint density at radius 2 is 2.29 bits per heavy atom. The summed E-state index contributed by atoms with van der Waals surface area (Å²) in [5.41, 5.74) is 5.79. The number of nitrogens with zero attached hydrogens (tertiary/aromatic N) is 1. The lowest BCUT2D eigenvalue weighted by molar-refractivity contribution is 0.176. The van der Waals surface area contributed by atoms with Gasteiger partial charge in [0.05, 0.1) is 13.2 Å². The molecule has 2 atom stereocenters. The number of hydrogen-bond donors (Lipinski definition) is 1. The van der Waals surface area contributed by atoms with Crippen LogP contribution in [0.1, 0.15) is 5.56 Å². The molecular formula is C12H13FN2OS. The van der Waals surface area contributed by atoms with Crippen molar-refractivity contribution < 1.29 is 9.13 Å². The van der Waals surface area contributed by atoms with E-state index in [1.807, 2.05) is 6.07 Å². The average molecular weight is 252 g/mol. The van der Waals surface area contributed by atoms with Gasteiger partial charge in [-0.1, -0.05) is 30.0 Å². The maximum Gasteiger partial charge on any atom is 0.154 e. The molecule has 17 heavy (non-hydrogen) atoms. The topological polar surface area (TPSA) is 47.6 Å². The Morgan fingerprint density at radius 3 is 3.12 bits per heavy atom. The highest BCUT2D eigenvalue weighted by molar-refractivity contribution is 8.13. The number of halogens is 1. The van der Waals surface area contributed by atoms with E-state index >= 15 is 0 Å². The van der Waals surface area contributed by atoms with E-state index in [2.05, 4.69) is 4.99 Å². The van der Waals surface area contributed by atoms with Crippen LogP contribution in [0.2, 0.25) is 0 Å². The summed E-state index contributed by atoms with van der Waals surface area (Å²) in [5.74, 6) is 0.812. The predicted molar refractivity (Wildman–Crippen MR) is 66.5 cm³/mol. The fourth-order valence-corrected chi connectivity index (χ4v) is 3.48. The van der Waals surface area contributed by atoms with Gasteiger partial charge in [0.1, 0.15) is 11.4 Å². The first kappa shape index (κ1) is 11.0. The number of hydrogen-bond acceptors (Lipinski definition) is 4. The van der Waals surface area contributed by atoms with Crippen LogP contribution >= 0.6 is 11.8 Å². The quantitative estimate of drug-likeness (QED) is 0.828. The van der Waals surface area contributed by atoms with Crippen LogP contribution in [0, 0.1) is 11.7 Å². The molecule has 0 unspecified atom stereocenters. The maximum atomic E-state index is 14.0. The summed E-state index contributed by atoms with van der Waals surface area (Å²) in [6, 6.07) is 6.76. The molecule has 0 spiro atoms. The second kappa shape index (κ2) is 3.99. The molecule has 0 radical (unpaired) electrons. The number of thioether (sulfide) groups is 1. The van der Waals surface area contributed by atoms with Gasteiger partial charge in [-0.3, -0.25) is 0 Å². The van der Waals surface area contributed by atoms with Gasteiger partial charge in [-0.25, -0.2) is 9.38 Å². The minimum Gasteiger partial charge on any atom is -0.379 e. The molecule has 2 heterocycles. The van der Waals surface area contributed by atoms with Gasteiger partial charge in [0.2, 0.25) is 0 Å². The van der Waals surface area contributed by atoms with Gasteiger partial charge in [0, 0.05) is 17.2 Å². The summed E-state index contributed by atoms with van der Waals surface area (Å²) < 4.78 is 19.5. The van der Waals surface area contributed by atoms with Crippen molar-refractivity contribution >= 4 is 16.9 Å². The molecule has 5 heteroatoms. The van der Waals surface area contributed by atoms with Crippen molar-refractivity contribution in [1.29, 1.82) is 0 Å². The van der Waals surface area contributed by atoms with E-state index in [1.54, 1.807) is 12.1 Å². The van der Waals surface area contributed by atoms with Gasteiger partial charge in [-0.15, -0.1) is 0 Å². The summed E-state index contributed by atoms with van der Waals surface area (Å²) in [6.45, 7) is 1.04. The fourth-order valence-electron chi connectivity index (χ4n) is 2.51. The van der Waals surface area contributed by atoms with Gasteiger partial charge in [-0.05, 0) is 6.07 Å². The van der Waals surface area contributed by atoms with Crippen LogP contribution in [0.4, 0.5) is 4.39 Å². The lowest BCUT2D eigenvalue weighted by Gasteiger charge is -2.34. The molecular weight excluding hydrogens is 239 g/mol. The molecule has 1 saturated heterocycles. The molecule has 3 nitrogen and oxygen atoms in total. The first-order valence-corrected chi connectivity index (χ1v) is 6.52. The van der Waals surface area contributed by atoms with Gasteiger partial charge in [0.25, 0.3) is 0 Å². The van der Waals surface area contributed by atoms with Crippen molar-refractivity contribution in [3.05, 3.63) is 35.6 Å². The molecule has 0 aliphatic carbocycles. The van der Waals surface area contributed by atoms with Crippen LogP contribution in [0.3, 0.4) is 0 Å². The van der Waals surface area contributed by atoms with Crippen molar-refractivity contribution in [1.82, 2.24) is 0 Å². The molecule has 3 rings (SSSR count). The summed E-state index contributed by atoms with van der Waals surface area (Å²) in [5, 5.41) is 0.523. The Bertz CT molecular complexity index is 479. The summed E-state index contributed by atoms with van der Waals surface area (Å²) >= 11 is 1.52. The Kier molecular flexibility index (Phi) is 2.60. The van der Waals surface area contributed by atoms with Crippen LogP contribution in [0.15, 0.2) is 29.3 Å². The van der Waals surface area contributed by atoms with Crippen molar-refractivity contribution in [2.24, 2.45) is 16.6 Å². The van der Waals surface area contributed by atoms with Crippen molar-refractivity contribution in [3.63, 3.8) is 0 Å². The second-order valence-corrected chi connectivity index (χ2v) is 5.42. The maximum absolute atomic E-state index is 14.0. The fraction of sp³-hybridized carbons (Fsp3) is 0.417. The van der Waals surface area contributed by atoms with Gasteiger partial charge < -0.3 is 10.5 Å². The first-order chi connectivity index (χ1) is 8.22. The lowest BCUT2D eigenvalue weighted by atomic mass is 9.81. The average Bonchev–Trinajstić information content (AvgIpc) is 2.73. The highest BCUT2D eigenvalue weighted by Crippen LogP contribution is 2.44. The van der Waals surface area contributed by atoms with Gasteiger partial charge in [0.15, 0.2) is 5.17 Å². The monoisotopic (exact) mass is 252 g/mol. The number of aliphatic imine (C=N–C) groups is 1. The molecule has 2 aliphatic heterocycles. The summed E-state index contributed by atoms with van der Waals surface area (Å²) in [6.07, 6.45) is 0. The third-order valence-corrected chi connectivity index (χ3v) is 4.35. The zero-order valence-electron chi connectivity index (χ0n) is 9.23. The standard InChI is InChI=1S/C12H13FN2OS/c13-10-4-2-1-3-9(10)12-7-16-5-8(12)6-17-11(14)15-12/h1-4,8H,5-7H2,(H2,14,15)/t8-,12+/m0/s1. The number of amidine groups is 1. The molecule has 90 valence electrons. The number of ether oxygens (including phenoxy) is 1. The summed E-state index contributed by atoms with van der Waals surface area (Å²) in [4.78, 5) is 4.50. The Morgan fingerprint density at radius 1 is 1.47 bits per heavy atom. The largest absolute Gasteiger partial charge is 0.379 e. The zero-order chi connectivity index (χ0) is 11.9. The third kappa shape index (κ3) is 1.65. The molecule has 1 fully saturated rings. The van der Waals surface area contributed by atoms with Crippen LogP contribution in [-0.2, 0) is 10.3 Å². The van der Waals surface area contributed by atoms with E-state index in [4.69, 9.17) is 10.5 Å². The van der Waals surface area contributed by atoms with E-state index in [-0.39, 0.29) is 11.7 Å². The highest BCUT2D eigenvalue weighted by atomic mass is 32.2. The lowest BCUT2D eigenvalue weighted by Crippen LogP contribution is -2.40. The van der Waals surface area contributed by atoms with Crippen LogP contribution < -0.4 is 5.73 Å². The van der Waals surface area contributed by atoms with Crippen LogP contribution in [-0.4, -0.2) is 24.1 Å². The number of nitrogens with two attached hydrogens (primary N) is 1. The van der Waals surface area contributed by atoms with E-state index in [9.17, 15) is 4.39 Å². The smallest absolute Gasteiger partial charge is 0.154 e. The minimum absolute atomic E-state index is 0.205. The molecule has 1 aromatic carbocycles. The van der Waals surface area contributed by atoms with E-state index in [1.165, 1.54) is 17.8 Å². The molecule has 2 aliphatic rings. The Hall–Kier alpha value is -1.07. The molecule has 2 N–H and O–H groups in total. The molecule has 1 aromatic rings. The molecule has 0 amide bonds. The normalized spacial score (nSPS) is 32.1. The highest BCUT2D eigenvalue weighted by Gasteiger charge is 2.49. The van der Waals surface area contributed by atoms with Crippen molar-refractivity contribution in [2.75, 3.05) is 19.0 Å². The van der Waals surface area contributed by atoms with Gasteiger partial charge in [-0.2, -0.15) is 0 Å². The number of rotatable bonds is 1.